The lowest BCUT2D eigenvalue weighted by Gasteiger charge is -2.31. The van der Waals surface area contributed by atoms with Crippen LogP contribution in [0.15, 0.2) is 24.3 Å². The van der Waals surface area contributed by atoms with Gasteiger partial charge in [-0.1, -0.05) is 45.7 Å². The molecule has 0 fully saturated rings. The van der Waals surface area contributed by atoms with Crippen LogP contribution >= 0.6 is 0 Å². The van der Waals surface area contributed by atoms with Crippen molar-refractivity contribution in [3.63, 3.8) is 0 Å². The van der Waals surface area contributed by atoms with Gasteiger partial charge in [-0.25, -0.2) is 0 Å². The Balaban J connectivity index is 3.00. The third-order valence-electron chi connectivity index (χ3n) is 4.51. The summed E-state index contributed by atoms with van der Waals surface area (Å²) in [6.07, 6.45) is 6.88. The summed E-state index contributed by atoms with van der Waals surface area (Å²) in [7, 11) is 0. The van der Waals surface area contributed by atoms with E-state index in [-0.39, 0.29) is 17.7 Å². The molecule has 5 heteroatoms. The second-order valence-electron chi connectivity index (χ2n) is 6.55. The van der Waals surface area contributed by atoms with Crippen LogP contribution in [-0.4, -0.2) is 30.0 Å². The second-order valence-corrected chi connectivity index (χ2v) is 6.55. The van der Waals surface area contributed by atoms with Gasteiger partial charge >= 0.3 is 0 Å². The number of benzene rings is 1. The minimum atomic E-state index is -0.696. The summed E-state index contributed by atoms with van der Waals surface area (Å²) >= 11 is 0. The molecule has 2 N–H and O–H groups in total. The van der Waals surface area contributed by atoms with Gasteiger partial charge in [-0.2, -0.15) is 0 Å². The van der Waals surface area contributed by atoms with Gasteiger partial charge in [0.05, 0.1) is 12.2 Å². The molecule has 142 valence electrons. The van der Waals surface area contributed by atoms with Crippen molar-refractivity contribution in [2.45, 2.75) is 59.0 Å². The number of amides is 2. The average Bonchev–Trinajstić information content (AvgIpc) is 2.64. The first kappa shape index (κ1) is 21.6. The molecule has 0 aliphatic heterocycles. The highest BCUT2D eigenvalue weighted by atomic mass is 16.5. The van der Waals surface area contributed by atoms with E-state index < -0.39 is 11.6 Å². The number of rotatable bonds is 9. The quantitative estimate of drug-likeness (QED) is 0.667. The van der Waals surface area contributed by atoms with E-state index in [0.29, 0.717) is 30.8 Å². The van der Waals surface area contributed by atoms with Crippen molar-refractivity contribution in [1.29, 1.82) is 0 Å². The predicted molar refractivity (Wildman–Crippen MR) is 104 cm³/mol. The van der Waals surface area contributed by atoms with Crippen molar-refractivity contribution in [2.75, 3.05) is 6.61 Å². The van der Waals surface area contributed by atoms with Gasteiger partial charge in [0.1, 0.15) is 17.3 Å². The Hall–Kier alpha value is -2.48. The Morgan fingerprint density at radius 1 is 1.19 bits per heavy atom. The van der Waals surface area contributed by atoms with Crippen LogP contribution in [0.4, 0.5) is 0 Å². The van der Waals surface area contributed by atoms with Crippen LogP contribution < -0.4 is 15.4 Å². The van der Waals surface area contributed by atoms with Crippen molar-refractivity contribution in [3.8, 4) is 18.1 Å². The third kappa shape index (κ3) is 5.26. The molecule has 0 aliphatic carbocycles. The fraction of sp³-hybridized carbons (Fsp3) is 0.524. The Kier molecular flexibility index (Phi) is 8.18. The first-order valence-corrected chi connectivity index (χ1v) is 9.16. The van der Waals surface area contributed by atoms with E-state index in [9.17, 15) is 9.59 Å². The molecule has 5 nitrogen and oxygen atoms in total. The topological polar surface area (TPSA) is 67.4 Å². The molecule has 26 heavy (non-hydrogen) atoms. The van der Waals surface area contributed by atoms with Gasteiger partial charge in [-0.3, -0.25) is 9.59 Å². The highest BCUT2D eigenvalue weighted by molar-refractivity contribution is 5.99. The number of ether oxygens (including phenoxy) is 1. The number of hydrogen-bond acceptors (Lipinski definition) is 3. The summed E-state index contributed by atoms with van der Waals surface area (Å²) in [5, 5.41) is 5.76. The SMILES string of the molecule is C#CC(CC)(CC)NC(=O)[C@H](NC(=O)c1ccccc1OCC)C(C)C. The zero-order chi connectivity index (χ0) is 19.7. The van der Waals surface area contributed by atoms with Gasteiger partial charge < -0.3 is 15.4 Å². The molecule has 0 unspecified atom stereocenters. The standard InChI is InChI=1S/C21H30N2O3/c1-7-21(8-2,9-3)23-20(25)18(15(5)6)22-19(24)16-13-11-12-14-17(16)26-10-4/h1,11-15,18H,8-10H2,2-6H3,(H,22,24)(H,23,25)/t18-/m1/s1. The first-order chi connectivity index (χ1) is 12.3. The Morgan fingerprint density at radius 3 is 2.31 bits per heavy atom. The molecule has 0 radical (unpaired) electrons. The molecule has 0 heterocycles. The largest absolute Gasteiger partial charge is 0.493 e. The summed E-state index contributed by atoms with van der Waals surface area (Å²) in [5.41, 5.74) is -0.292. The summed E-state index contributed by atoms with van der Waals surface area (Å²) in [4.78, 5) is 25.5. The van der Waals surface area contributed by atoms with Crippen molar-refractivity contribution in [2.24, 2.45) is 5.92 Å². The van der Waals surface area contributed by atoms with E-state index in [1.807, 2.05) is 34.6 Å². The van der Waals surface area contributed by atoms with Gasteiger partial charge in [0.2, 0.25) is 5.91 Å². The highest BCUT2D eigenvalue weighted by Crippen LogP contribution is 2.19. The van der Waals surface area contributed by atoms with Gasteiger partial charge in [-0.05, 0) is 37.8 Å². The van der Waals surface area contributed by atoms with Crippen LogP contribution in [0, 0.1) is 18.3 Å². The fourth-order valence-electron chi connectivity index (χ4n) is 2.67. The van der Waals surface area contributed by atoms with Crippen LogP contribution in [-0.2, 0) is 4.79 Å². The molecule has 2 amide bonds. The van der Waals surface area contributed by atoms with Gasteiger partial charge in [-0.15, -0.1) is 6.42 Å². The molecular weight excluding hydrogens is 328 g/mol. The number of terminal acetylenes is 1. The lowest BCUT2D eigenvalue weighted by atomic mass is 9.92. The monoisotopic (exact) mass is 358 g/mol. The average molecular weight is 358 g/mol. The van der Waals surface area contributed by atoms with E-state index in [4.69, 9.17) is 11.2 Å². The summed E-state index contributed by atoms with van der Waals surface area (Å²) in [5.74, 6) is 2.47. The van der Waals surface area contributed by atoms with Crippen molar-refractivity contribution in [1.82, 2.24) is 10.6 Å². The van der Waals surface area contributed by atoms with E-state index in [0.717, 1.165) is 0 Å². The number of para-hydroxylation sites is 1. The van der Waals surface area contributed by atoms with Gasteiger partial charge in [0, 0.05) is 0 Å². The molecule has 1 aromatic carbocycles. The number of hydrogen-bond donors (Lipinski definition) is 2. The molecule has 1 aromatic rings. The van der Waals surface area contributed by atoms with E-state index in [2.05, 4.69) is 16.6 Å². The smallest absolute Gasteiger partial charge is 0.255 e. The van der Waals surface area contributed by atoms with Crippen molar-refractivity contribution in [3.05, 3.63) is 29.8 Å². The van der Waals surface area contributed by atoms with Crippen LogP contribution in [0.25, 0.3) is 0 Å². The fourth-order valence-corrected chi connectivity index (χ4v) is 2.67. The predicted octanol–water partition coefficient (Wildman–Crippen LogP) is 3.15. The van der Waals surface area contributed by atoms with Crippen LogP contribution in [0.3, 0.4) is 0 Å². The lowest BCUT2D eigenvalue weighted by Crippen LogP contribution is -2.56. The maximum absolute atomic E-state index is 12.8. The van der Waals surface area contributed by atoms with E-state index >= 15 is 0 Å². The Labute approximate surface area is 156 Å². The number of nitrogens with one attached hydrogen (secondary N) is 2. The molecule has 0 saturated heterocycles. The van der Waals surface area contributed by atoms with Crippen LogP contribution in [0.5, 0.6) is 5.75 Å². The van der Waals surface area contributed by atoms with Gasteiger partial charge in [0.25, 0.3) is 5.91 Å². The minimum Gasteiger partial charge on any atom is -0.493 e. The molecule has 0 spiro atoms. The van der Waals surface area contributed by atoms with Crippen molar-refractivity contribution >= 4 is 11.8 Å². The zero-order valence-corrected chi connectivity index (χ0v) is 16.4. The molecular formula is C21H30N2O3. The molecule has 0 saturated carbocycles. The second kappa shape index (κ2) is 9.86. The normalized spacial score (nSPS) is 12.2. The molecule has 1 atom stereocenters. The van der Waals surface area contributed by atoms with E-state index in [1.165, 1.54) is 0 Å². The van der Waals surface area contributed by atoms with Crippen molar-refractivity contribution < 1.29 is 14.3 Å². The molecule has 0 bridgehead atoms. The summed E-state index contributed by atoms with van der Waals surface area (Å²) < 4.78 is 5.51. The van der Waals surface area contributed by atoms with Crippen LogP contribution in [0.2, 0.25) is 0 Å². The van der Waals surface area contributed by atoms with E-state index in [1.54, 1.807) is 24.3 Å². The third-order valence-corrected chi connectivity index (χ3v) is 4.51. The molecule has 1 rings (SSSR count). The molecule has 0 aromatic heterocycles. The molecule has 0 aliphatic rings. The lowest BCUT2D eigenvalue weighted by molar-refractivity contribution is -0.125. The van der Waals surface area contributed by atoms with Gasteiger partial charge in [0.15, 0.2) is 0 Å². The summed E-state index contributed by atoms with van der Waals surface area (Å²) in [6, 6.07) is 6.29. The Morgan fingerprint density at radius 2 is 1.81 bits per heavy atom. The highest BCUT2D eigenvalue weighted by Gasteiger charge is 2.32. The zero-order valence-electron chi connectivity index (χ0n) is 16.4. The first-order valence-electron chi connectivity index (χ1n) is 9.16. The minimum absolute atomic E-state index is 0.0950. The Bertz CT molecular complexity index is 657. The summed E-state index contributed by atoms with van der Waals surface area (Å²) in [6.45, 7) is 9.95. The van der Waals surface area contributed by atoms with Crippen LogP contribution in [0.1, 0.15) is 57.8 Å². The number of carbonyl (C=O) groups is 2. The maximum Gasteiger partial charge on any atom is 0.255 e. The number of carbonyl (C=O) groups excluding carboxylic acids is 2. The maximum atomic E-state index is 12.8.